The first-order chi connectivity index (χ1) is 14.5. The van der Waals surface area contributed by atoms with E-state index in [0.717, 1.165) is 0 Å². The number of hydrogen-bond donors (Lipinski definition) is 0. The fourth-order valence-electron chi connectivity index (χ4n) is 3.68. The van der Waals surface area contributed by atoms with E-state index in [9.17, 15) is 9.18 Å². The maximum Gasteiger partial charge on any atom is 0.200 e. The average Bonchev–Trinajstić information content (AvgIpc) is 3.19. The van der Waals surface area contributed by atoms with E-state index in [4.69, 9.17) is 16.0 Å². The van der Waals surface area contributed by atoms with Gasteiger partial charge in [0.2, 0.25) is 5.43 Å². The Labute approximate surface area is 175 Å². The van der Waals surface area contributed by atoms with Crippen LogP contribution in [0.3, 0.4) is 0 Å². The quantitative estimate of drug-likeness (QED) is 0.381. The van der Waals surface area contributed by atoms with E-state index < -0.39 is 11.9 Å². The molecular weight excluding hydrogens is 405 g/mol. The minimum Gasteiger partial charge on any atom is -0.458 e. The van der Waals surface area contributed by atoms with Gasteiger partial charge in [-0.15, -0.1) is 0 Å². The Bertz CT molecular complexity index is 1470. The predicted octanol–water partition coefficient (Wildman–Crippen LogP) is 5.61. The fourth-order valence-corrected chi connectivity index (χ4v) is 3.87. The van der Waals surface area contributed by atoms with Crippen molar-refractivity contribution >= 4 is 33.6 Å². The third-order valence-corrected chi connectivity index (χ3v) is 5.46. The lowest BCUT2D eigenvalue weighted by Crippen LogP contribution is -2.16. The molecule has 1 atom stereocenters. The van der Waals surface area contributed by atoms with Crippen LogP contribution in [-0.2, 0) is 0 Å². The van der Waals surface area contributed by atoms with Crippen molar-refractivity contribution in [3.05, 3.63) is 93.8 Å². The molecule has 148 valence electrons. The molecule has 0 aliphatic rings. The van der Waals surface area contributed by atoms with Gasteiger partial charge in [0.15, 0.2) is 5.65 Å². The minimum atomic E-state index is -0.496. The SMILES string of the molecule is CC(c1oc2ccccc2c(=O)c1-c1cccc(F)c1)n1ncc2c(Cl)ccnc21. The van der Waals surface area contributed by atoms with E-state index in [1.165, 1.54) is 12.1 Å². The molecule has 5 aromatic rings. The molecule has 0 aliphatic heterocycles. The number of fused-ring (bicyclic) bond motifs is 2. The maximum atomic E-state index is 14.0. The molecule has 2 aromatic carbocycles. The molecule has 30 heavy (non-hydrogen) atoms. The minimum absolute atomic E-state index is 0.230. The molecule has 1 unspecified atom stereocenters. The third kappa shape index (κ3) is 2.88. The van der Waals surface area contributed by atoms with E-state index in [-0.39, 0.29) is 5.43 Å². The first-order valence-corrected chi connectivity index (χ1v) is 9.72. The molecule has 0 saturated heterocycles. The summed E-state index contributed by atoms with van der Waals surface area (Å²) in [4.78, 5) is 17.8. The highest BCUT2D eigenvalue weighted by Crippen LogP contribution is 2.33. The maximum absolute atomic E-state index is 14.0. The second-order valence-electron chi connectivity index (χ2n) is 6.97. The van der Waals surface area contributed by atoms with Crippen LogP contribution in [0, 0.1) is 5.82 Å². The van der Waals surface area contributed by atoms with Gasteiger partial charge in [-0.1, -0.05) is 35.9 Å². The standard InChI is InChI=1S/C23H15ClFN3O2/c1-13(28-23-17(12-27-28)18(24)9-10-26-23)22-20(14-5-4-6-15(25)11-14)21(29)16-7-2-3-8-19(16)30-22/h2-13H,1H3. The molecule has 5 rings (SSSR count). The number of nitrogens with zero attached hydrogens (tertiary/aromatic N) is 3. The summed E-state index contributed by atoms with van der Waals surface area (Å²) in [6.07, 6.45) is 3.22. The van der Waals surface area contributed by atoms with Crippen molar-refractivity contribution in [1.82, 2.24) is 14.8 Å². The van der Waals surface area contributed by atoms with Gasteiger partial charge >= 0.3 is 0 Å². The van der Waals surface area contributed by atoms with E-state index in [2.05, 4.69) is 10.1 Å². The summed E-state index contributed by atoms with van der Waals surface area (Å²) in [5.41, 5.74) is 1.53. The fraction of sp³-hybridized carbons (Fsp3) is 0.0870. The van der Waals surface area contributed by atoms with Gasteiger partial charge in [0, 0.05) is 6.20 Å². The summed E-state index contributed by atoms with van der Waals surface area (Å²) in [5.74, 6) is -0.0623. The lowest BCUT2D eigenvalue weighted by Gasteiger charge is -2.17. The first kappa shape index (κ1) is 18.5. The number of hydrogen-bond acceptors (Lipinski definition) is 4. The molecule has 0 amide bonds. The molecule has 0 radical (unpaired) electrons. The van der Waals surface area contributed by atoms with E-state index in [1.807, 2.05) is 6.92 Å². The zero-order valence-corrected chi connectivity index (χ0v) is 16.6. The van der Waals surface area contributed by atoms with Gasteiger partial charge in [0.1, 0.15) is 23.2 Å². The summed E-state index contributed by atoms with van der Waals surface area (Å²) in [5, 5.41) is 6.09. The van der Waals surface area contributed by atoms with Crippen molar-refractivity contribution in [2.75, 3.05) is 0 Å². The molecule has 3 heterocycles. The number of para-hydroxylation sites is 1. The van der Waals surface area contributed by atoms with Crippen LogP contribution in [0.1, 0.15) is 18.7 Å². The molecule has 0 aliphatic carbocycles. The van der Waals surface area contributed by atoms with Gasteiger partial charge in [-0.2, -0.15) is 5.10 Å². The monoisotopic (exact) mass is 419 g/mol. The van der Waals surface area contributed by atoms with Crippen LogP contribution >= 0.6 is 11.6 Å². The molecule has 0 saturated carbocycles. The molecule has 7 heteroatoms. The van der Waals surface area contributed by atoms with Gasteiger partial charge in [-0.3, -0.25) is 4.79 Å². The highest BCUT2D eigenvalue weighted by molar-refractivity contribution is 6.35. The largest absolute Gasteiger partial charge is 0.458 e. The Hall–Kier alpha value is -3.51. The second kappa shape index (κ2) is 7.07. The van der Waals surface area contributed by atoms with Crippen molar-refractivity contribution in [3.63, 3.8) is 0 Å². The first-order valence-electron chi connectivity index (χ1n) is 9.34. The van der Waals surface area contributed by atoms with Crippen LogP contribution in [0.5, 0.6) is 0 Å². The molecule has 0 N–H and O–H groups in total. The zero-order valence-electron chi connectivity index (χ0n) is 15.8. The van der Waals surface area contributed by atoms with E-state index in [1.54, 1.807) is 59.5 Å². The van der Waals surface area contributed by atoms with Crippen molar-refractivity contribution in [1.29, 1.82) is 0 Å². The summed E-state index contributed by atoms with van der Waals surface area (Å²) >= 11 is 6.26. The van der Waals surface area contributed by atoms with E-state index in [0.29, 0.717) is 43.9 Å². The lowest BCUT2D eigenvalue weighted by molar-refractivity contribution is 0.445. The van der Waals surface area contributed by atoms with Gasteiger partial charge in [-0.25, -0.2) is 14.1 Å². The van der Waals surface area contributed by atoms with Crippen LogP contribution in [0.2, 0.25) is 5.02 Å². The van der Waals surface area contributed by atoms with Crippen molar-refractivity contribution < 1.29 is 8.81 Å². The average molecular weight is 420 g/mol. The normalized spacial score (nSPS) is 12.5. The molecule has 5 nitrogen and oxygen atoms in total. The van der Waals surface area contributed by atoms with Gasteiger partial charge in [0.25, 0.3) is 0 Å². The van der Waals surface area contributed by atoms with Crippen molar-refractivity contribution in [3.8, 4) is 11.1 Å². The van der Waals surface area contributed by atoms with Crippen molar-refractivity contribution in [2.45, 2.75) is 13.0 Å². The smallest absolute Gasteiger partial charge is 0.200 e. The van der Waals surface area contributed by atoms with Gasteiger partial charge < -0.3 is 4.42 Å². The van der Waals surface area contributed by atoms with Crippen LogP contribution < -0.4 is 5.43 Å². The number of benzene rings is 2. The van der Waals surface area contributed by atoms with Crippen LogP contribution in [0.4, 0.5) is 4.39 Å². The van der Waals surface area contributed by atoms with Gasteiger partial charge in [0.05, 0.1) is 27.6 Å². The summed E-state index contributed by atoms with van der Waals surface area (Å²) < 4.78 is 21.8. The highest BCUT2D eigenvalue weighted by atomic mass is 35.5. The molecular formula is C23H15ClFN3O2. The second-order valence-corrected chi connectivity index (χ2v) is 7.38. The molecule has 3 aromatic heterocycles. The Kier molecular flexibility index (Phi) is 4.37. The Morgan fingerprint density at radius 3 is 2.77 bits per heavy atom. The van der Waals surface area contributed by atoms with Crippen LogP contribution in [-0.4, -0.2) is 14.8 Å². The van der Waals surface area contributed by atoms with Crippen LogP contribution in [0.15, 0.2) is 76.2 Å². The number of pyridine rings is 1. The van der Waals surface area contributed by atoms with Gasteiger partial charge in [-0.05, 0) is 42.8 Å². The third-order valence-electron chi connectivity index (χ3n) is 5.13. The zero-order chi connectivity index (χ0) is 20.8. The highest BCUT2D eigenvalue weighted by Gasteiger charge is 2.24. The number of aromatic nitrogens is 3. The molecule has 0 bridgehead atoms. The molecule has 0 spiro atoms. The molecule has 0 fully saturated rings. The number of rotatable bonds is 3. The number of halogens is 2. The predicted molar refractivity (Wildman–Crippen MR) is 114 cm³/mol. The topological polar surface area (TPSA) is 60.9 Å². The van der Waals surface area contributed by atoms with E-state index >= 15 is 0 Å². The summed E-state index contributed by atoms with van der Waals surface area (Å²) in [6.45, 7) is 1.85. The Balaban J connectivity index is 1.82. The summed E-state index contributed by atoms with van der Waals surface area (Å²) in [7, 11) is 0. The Morgan fingerprint density at radius 2 is 1.93 bits per heavy atom. The summed E-state index contributed by atoms with van der Waals surface area (Å²) in [6, 6.07) is 14.1. The lowest BCUT2D eigenvalue weighted by atomic mass is 9.99. The van der Waals surface area contributed by atoms with Crippen molar-refractivity contribution in [2.24, 2.45) is 0 Å². The van der Waals surface area contributed by atoms with Crippen LogP contribution in [0.25, 0.3) is 33.1 Å². The Morgan fingerprint density at radius 1 is 1.10 bits per heavy atom.